The summed E-state index contributed by atoms with van der Waals surface area (Å²) in [6.45, 7) is 0.785. The van der Waals surface area contributed by atoms with E-state index in [2.05, 4.69) is 0 Å². The average molecular weight is 194 g/mol. The van der Waals surface area contributed by atoms with Gasteiger partial charge in [-0.05, 0) is 17.7 Å². The van der Waals surface area contributed by atoms with Crippen LogP contribution in [0, 0.1) is 0 Å². The van der Waals surface area contributed by atoms with Crippen LogP contribution in [0.3, 0.4) is 0 Å². The summed E-state index contributed by atoms with van der Waals surface area (Å²) in [7, 11) is 1.63. The lowest BCUT2D eigenvalue weighted by molar-refractivity contribution is 0.154. The third kappa shape index (κ3) is 2.25. The minimum atomic E-state index is -0.423. The summed E-state index contributed by atoms with van der Waals surface area (Å²) in [6.07, 6.45) is 0.521. The molecule has 0 aliphatic carbocycles. The minimum absolute atomic E-state index is 0.257. The van der Waals surface area contributed by atoms with Gasteiger partial charge in [-0.2, -0.15) is 0 Å². The topological polar surface area (TPSA) is 42.0 Å². The number of benzene rings is 1. The normalized spacial score (nSPS) is 21.7. The standard InChI is InChI=1S/C11H14O3/c1-13-9-4-2-8(3-5-9)11(12)6-10-7-14-10/h2-5,10-12H,6-7H2,1H3. The summed E-state index contributed by atoms with van der Waals surface area (Å²) in [5.41, 5.74) is 0.918. The van der Waals surface area contributed by atoms with E-state index in [1.807, 2.05) is 24.3 Å². The monoisotopic (exact) mass is 194 g/mol. The van der Waals surface area contributed by atoms with Crippen LogP contribution in [0.25, 0.3) is 0 Å². The number of methoxy groups -OCH3 is 1. The van der Waals surface area contributed by atoms with Crippen molar-refractivity contribution in [3.05, 3.63) is 29.8 Å². The van der Waals surface area contributed by atoms with Gasteiger partial charge in [0.25, 0.3) is 0 Å². The van der Waals surface area contributed by atoms with Gasteiger partial charge in [-0.3, -0.25) is 0 Å². The Kier molecular flexibility index (Phi) is 2.70. The van der Waals surface area contributed by atoms with Crippen LogP contribution in [-0.2, 0) is 4.74 Å². The highest BCUT2D eigenvalue weighted by Gasteiger charge is 2.26. The van der Waals surface area contributed by atoms with Gasteiger partial charge in [-0.25, -0.2) is 0 Å². The fourth-order valence-corrected chi connectivity index (χ4v) is 1.42. The number of hydrogen-bond donors (Lipinski definition) is 1. The molecule has 1 aromatic rings. The van der Waals surface area contributed by atoms with Crippen LogP contribution in [0.2, 0.25) is 0 Å². The summed E-state index contributed by atoms with van der Waals surface area (Å²) < 4.78 is 10.1. The van der Waals surface area contributed by atoms with Crippen LogP contribution in [-0.4, -0.2) is 24.9 Å². The van der Waals surface area contributed by atoms with E-state index in [4.69, 9.17) is 9.47 Å². The Morgan fingerprint density at radius 1 is 1.50 bits per heavy atom. The van der Waals surface area contributed by atoms with Gasteiger partial charge in [-0.1, -0.05) is 12.1 Å². The molecule has 0 bridgehead atoms. The van der Waals surface area contributed by atoms with E-state index in [0.717, 1.165) is 17.9 Å². The van der Waals surface area contributed by atoms with Gasteiger partial charge >= 0.3 is 0 Å². The zero-order chi connectivity index (χ0) is 9.97. The molecular formula is C11H14O3. The van der Waals surface area contributed by atoms with Crippen LogP contribution < -0.4 is 4.74 Å². The fraction of sp³-hybridized carbons (Fsp3) is 0.455. The van der Waals surface area contributed by atoms with Gasteiger partial charge in [0.1, 0.15) is 5.75 Å². The first kappa shape index (κ1) is 9.49. The van der Waals surface area contributed by atoms with E-state index in [1.165, 1.54) is 0 Å². The smallest absolute Gasteiger partial charge is 0.118 e. The molecule has 0 amide bonds. The highest BCUT2D eigenvalue weighted by atomic mass is 16.6. The van der Waals surface area contributed by atoms with Crippen molar-refractivity contribution in [2.45, 2.75) is 18.6 Å². The van der Waals surface area contributed by atoms with Gasteiger partial charge in [0.15, 0.2) is 0 Å². The predicted octanol–water partition coefficient (Wildman–Crippen LogP) is 1.52. The molecule has 2 atom stereocenters. The van der Waals surface area contributed by atoms with Gasteiger partial charge in [0, 0.05) is 6.42 Å². The summed E-state index contributed by atoms with van der Waals surface area (Å²) in [5, 5.41) is 9.77. The molecule has 2 unspecified atom stereocenters. The second-order valence-corrected chi connectivity index (χ2v) is 3.48. The maximum atomic E-state index is 9.77. The molecule has 3 heteroatoms. The first-order valence-electron chi connectivity index (χ1n) is 4.73. The molecule has 1 heterocycles. The zero-order valence-electron chi connectivity index (χ0n) is 8.14. The number of rotatable bonds is 4. The molecule has 2 rings (SSSR count). The van der Waals surface area contributed by atoms with Gasteiger partial charge in [-0.15, -0.1) is 0 Å². The number of hydrogen-bond acceptors (Lipinski definition) is 3. The number of ether oxygens (including phenoxy) is 2. The lowest BCUT2D eigenvalue weighted by atomic mass is 10.1. The molecule has 0 spiro atoms. The first-order valence-corrected chi connectivity index (χ1v) is 4.73. The van der Waals surface area contributed by atoms with Crippen LogP contribution >= 0.6 is 0 Å². The minimum Gasteiger partial charge on any atom is -0.497 e. The lowest BCUT2D eigenvalue weighted by Crippen LogP contribution is -2.01. The largest absolute Gasteiger partial charge is 0.497 e. The Hall–Kier alpha value is -1.06. The van der Waals surface area contributed by atoms with Crippen molar-refractivity contribution in [3.63, 3.8) is 0 Å². The van der Waals surface area contributed by atoms with E-state index in [0.29, 0.717) is 6.42 Å². The van der Waals surface area contributed by atoms with Crippen LogP contribution in [0.1, 0.15) is 18.1 Å². The average Bonchev–Trinajstić information content (AvgIpc) is 3.02. The molecule has 0 radical (unpaired) electrons. The van der Waals surface area contributed by atoms with Crippen molar-refractivity contribution in [3.8, 4) is 5.75 Å². The second kappa shape index (κ2) is 3.98. The van der Waals surface area contributed by atoms with Crippen LogP contribution in [0.5, 0.6) is 5.75 Å². The van der Waals surface area contributed by atoms with E-state index >= 15 is 0 Å². The van der Waals surface area contributed by atoms with Crippen molar-refractivity contribution in [1.82, 2.24) is 0 Å². The zero-order valence-corrected chi connectivity index (χ0v) is 8.14. The van der Waals surface area contributed by atoms with E-state index in [-0.39, 0.29) is 6.10 Å². The van der Waals surface area contributed by atoms with Crippen molar-refractivity contribution in [1.29, 1.82) is 0 Å². The summed E-state index contributed by atoms with van der Waals surface area (Å²) >= 11 is 0. The van der Waals surface area contributed by atoms with Crippen LogP contribution in [0.4, 0.5) is 0 Å². The molecule has 1 aromatic carbocycles. The number of aliphatic hydroxyl groups excluding tert-OH is 1. The quantitative estimate of drug-likeness (QED) is 0.739. The SMILES string of the molecule is COc1ccc(C(O)CC2CO2)cc1. The molecule has 0 saturated carbocycles. The first-order chi connectivity index (χ1) is 6.79. The Labute approximate surface area is 83.3 Å². The third-order valence-electron chi connectivity index (χ3n) is 2.39. The molecule has 0 aromatic heterocycles. The summed E-state index contributed by atoms with van der Waals surface area (Å²) in [6, 6.07) is 7.47. The Bertz CT molecular complexity index is 290. The third-order valence-corrected chi connectivity index (χ3v) is 2.39. The Morgan fingerprint density at radius 2 is 2.14 bits per heavy atom. The Morgan fingerprint density at radius 3 is 2.64 bits per heavy atom. The molecule has 1 saturated heterocycles. The Balaban J connectivity index is 1.99. The van der Waals surface area contributed by atoms with Gasteiger partial charge in [0.05, 0.1) is 25.9 Å². The molecule has 1 aliphatic heterocycles. The van der Waals surface area contributed by atoms with Gasteiger partial charge in [0.2, 0.25) is 0 Å². The van der Waals surface area contributed by atoms with Gasteiger partial charge < -0.3 is 14.6 Å². The predicted molar refractivity (Wildman–Crippen MR) is 52.3 cm³/mol. The highest BCUT2D eigenvalue weighted by Crippen LogP contribution is 2.26. The number of aliphatic hydroxyl groups is 1. The van der Waals surface area contributed by atoms with E-state index < -0.39 is 6.10 Å². The molecule has 14 heavy (non-hydrogen) atoms. The van der Waals surface area contributed by atoms with Crippen molar-refractivity contribution < 1.29 is 14.6 Å². The maximum Gasteiger partial charge on any atom is 0.118 e. The second-order valence-electron chi connectivity index (χ2n) is 3.48. The molecular weight excluding hydrogens is 180 g/mol. The van der Waals surface area contributed by atoms with Crippen molar-refractivity contribution in [2.24, 2.45) is 0 Å². The molecule has 1 fully saturated rings. The summed E-state index contributed by atoms with van der Waals surface area (Å²) in [4.78, 5) is 0. The molecule has 1 N–H and O–H groups in total. The molecule has 1 aliphatic rings. The van der Waals surface area contributed by atoms with Crippen molar-refractivity contribution in [2.75, 3.05) is 13.7 Å². The number of epoxide rings is 1. The molecule has 3 nitrogen and oxygen atoms in total. The highest BCUT2D eigenvalue weighted by molar-refractivity contribution is 5.28. The van der Waals surface area contributed by atoms with Crippen molar-refractivity contribution >= 4 is 0 Å². The fourth-order valence-electron chi connectivity index (χ4n) is 1.42. The molecule has 76 valence electrons. The van der Waals surface area contributed by atoms with E-state index in [9.17, 15) is 5.11 Å². The lowest BCUT2D eigenvalue weighted by Gasteiger charge is -2.09. The summed E-state index contributed by atoms with van der Waals surface area (Å²) in [5.74, 6) is 0.809. The van der Waals surface area contributed by atoms with Crippen LogP contribution in [0.15, 0.2) is 24.3 Å². The van der Waals surface area contributed by atoms with E-state index in [1.54, 1.807) is 7.11 Å². The maximum absolute atomic E-state index is 9.77.